The van der Waals surface area contributed by atoms with Crippen LogP contribution in [0.5, 0.6) is 0 Å². The molecule has 3 aromatic heterocycles. The fourth-order valence-corrected chi connectivity index (χ4v) is 5.62. The molecule has 0 spiro atoms. The molecule has 6 rings (SSSR count). The number of nitrogen functional groups attached to an aromatic ring is 1. The van der Waals surface area contributed by atoms with Crippen LogP contribution in [-0.4, -0.2) is 86.7 Å². The summed E-state index contributed by atoms with van der Waals surface area (Å²) in [6, 6.07) is 4.73. The number of ether oxygens (including phenoxy) is 1. The number of nitrogens with two attached hydrogens (primary N) is 1. The number of carbonyl (C=O) groups is 1. The van der Waals surface area contributed by atoms with Crippen molar-refractivity contribution in [1.29, 1.82) is 0 Å². The topological polar surface area (TPSA) is 121 Å². The summed E-state index contributed by atoms with van der Waals surface area (Å²) in [6.07, 6.45) is 3.79. The third-order valence-electron chi connectivity index (χ3n) is 7.21. The number of piperazine rings is 1. The van der Waals surface area contributed by atoms with E-state index in [0.29, 0.717) is 30.5 Å². The van der Waals surface area contributed by atoms with E-state index in [-0.39, 0.29) is 24.0 Å². The zero-order valence-corrected chi connectivity index (χ0v) is 18.9. The Balaban J connectivity index is 1.53. The van der Waals surface area contributed by atoms with Crippen LogP contribution in [0.4, 0.5) is 17.3 Å². The van der Waals surface area contributed by atoms with Gasteiger partial charge in [0.05, 0.1) is 36.5 Å². The van der Waals surface area contributed by atoms with E-state index in [0.717, 1.165) is 49.4 Å². The second-order valence-corrected chi connectivity index (χ2v) is 9.27. The minimum absolute atomic E-state index is 0.140. The number of H-pyrrole nitrogens is 1. The largest absolute Gasteiger partial charge is 0.382 e. The average Bonchev–Trinajstić information content (AvgIpc) is 3.50. The zero-order chi connectivity index (χ0) is 22.7. The van der Waals surface area contributed by atoms with Crippen LogP contribution >= 0.6 is 0 Å². The highest BCUT2D eigenvalue weighted by Gasteiger charge is 2.42. The van der Waals surface area contributed by atoms with Gasteiger partial charge in [-0.2, -0.15) is 9.78 Å². The van der Waals surface area contributed by atoms with Gasteiger partial charge in [0.1, 0.15) is 5.82 Å². The van der Waals surface area contributed by atoms with Crippen LogP contribution in [0, 0.1) is 0 Å². The standard InChI is InChI=1S/C22H29N9O2/c1-13-12-33-8-7-29(13)19-9-17(30-15-3-4-16(30)11-28(10-15)14(2)32)20-21(23)27-31(22(20)25-19)18-5-6-24-26-18/h5-6,9,13,15-16H,3-4,7-8,10-12H2,1-2H3,(H2,23,27)(H,24,26)/t13-,15?,16?/m1/s1. The van der Waals surface area contributed by atoms with Crippen molar-refractivity contribution in [2.24, 2.45) is 0 Å². The van der Waals surface area contributed by atoms with Gasteiger partial charge in [0.2, 0.25) is 5.91 Å². The Bertz CT molecular complexity index is 1180. The van der Waals surface area contributed by atoms with Crippen LogP contribution in [-0.2, 0) is 9.53 Å². The van der Waals surface area contributed by atoms with Gasteiger partial charge < -0.3 is 25.2 Å². The van der Waals surface area contributed by atoms with Crippen molar-refractivity contribution in [1.82, 2.24) is 29.9 Å². The maximum absolute atomic E-state index is 12.1. The molecule has 0 aromatic carbocycles. The molecule has 3 aliphatic rings. The monoisotopic (exact) mass is 451 g/mol. The number of aromatic nitrogens is 5. The number of aromatic amines is 1. The number of pyridine rings is 1. The number of hydrogen-bond acceptors (Lipinski definition) is 8. The van der Waals surface area contributed by atoms with E-state index in [1.165, 1.54) is 0 Å². The van der Waals surface area contributed by atoms with Crippen LogP contribution < -0.4 is 15.5 Å². The molecule has 3 aliphatic heterocycles. The summed E-state index contributed by atoms with van der Waals surface area (Å²) in [5.41, 5.74) is 8.26. The maximum Gasteiger partial charge on any atom is 0.219 e. The molecule has 0 aliphatic carbocycles. The first kappa shape index (κ1) is 20.3. The zero-order valence-electron chi connectivity index (χ0n) is 18.9. The van der Waals surface area contributed by atoms with E-state index < -0.39 is 0 Å². The molecule has 3 fully saturated rings. The van der Waals surface area contributed by atoms with Crippen molar-refractivity contribution in [3.8, 4) is 5.82 Å². The van der Waals surface area contributed by atoms with Crippen LogP contribution in [0.3, 0.4) is 0 Å². The lowest BCUT2D eigenvalue weighted by Gasteiger charge is -2.43. The van der Waals surface area contributed by atoms with Crippen LogP contribution in [0.15, 0.2) is 18.3 Å². The summed E-state index contributed by atoms with van der Waals surface area (Å²) >= 11 is 0. The normalized spacial score (nSPS) is 25.3. The number of carbonyl (C=O) groups excluding carboxylic acids is 1. The molecule has 11 nitrogen and oxygen atoms in total. The van der Waals surface area contributed by atoms with Gasteiger partial charge in [-0.3, -0.25) is 9.89 Å². The summed E-state index contributed by atoms with van der Waals surface area (Å²) in [6.45, 7) is 7.38. The van der Waals surface area contributed by atoms with Crippen molar-refractivity contribution in [2.75, 3.05) is 48.4 Å². The third-order valence-corrected chi connectivity index (χ3v) is 7.21. The summed E-state index contributed by atoms with van der Waals surface area (Å²) < 4.78 is 7.40. The Hall–Kier alpha value is -3.34. The number of anilines is 3. The number of likely N-dealkylation sites (tertiary alicyclic amines) is 1. The quantitative estimate of drug-likeness (QED) is 0.608. The molecule has 33 heavy (non-hydrogen) atoms. The lowest BCUT2D eigenvalue weighted by atomic mass is 10.1. The molecule has 3 N–H and O–H groups in total. The lowest BCUT2D eigenvalue weighted by Crippen LogP contribution is -2.55. The van der Waals surface area contributed by atoms with E-state index in [9.17, 15) is 4.79 Å². The van der Waals surface area contributed by atoms with Crippen molar-refractivity contribution in [3.05, 3.63) is 18.3 Å². The van der Waals surface area contributed by atoms with E-state index in [2.05, 4.69) is 38.1 Å². The summed E-state index contributed by atoms with van der Waals surface area (Å²) in [7, 11) is 0. The van der Waals surface area contributed by atoms with Crippen LogP contribution in [0.25, 0.3) is 16.9 Å². The van der Waals surface area contributed by atoms with Crippen LogP contribution in [0.2, 0.25) is 0 Å². The van der Waals surface area contributed by atoms with Gasteiger partial charge in [0.15, 0.2) is 17.3 Å². The molecule has 6 heterocycles. The number of morpholine rings is 1. The Kier molecular flexibility index (Phi) is 4.68. The third kappa shape index (κ3) is 3.21. The first-order chi connectivity index (χ1) is 16.0. The average molecular weight is 452 g/mol. The van der Waals surface area contributed by atoms with E-state index >= 15 is 0 Å². The minimum Gasteiger partial charge on any atom is -0.382 e. The van der Waals surface area contributed by atoms with E-state index in [4.69, 9.17) is 15.5 Å². The molecule has 2 unspecified atom stereocenters. The molecular formula is C22H29N9O2. The van der Waals surface area contributed by atoms with Gasteiger partial charge in [0.25, 0.3) is 0 Å². The number of rotatable bonds is 3. The Morgan fingerprint density at radius 1 is 1.27 bits per heavy atom. The van der Waals surface area contributed by atoms with Gasteiger partial charge in [-0.05, 0) is 19.8 Å². The molecule has 1 amide bonds. The predicted octanol–water partition coefficient (Wildman–Crippen LogP) is 1.15. The summed E-state index contributed by atoms with van der Waals surface area (Å²) in [5, 5.41) is 12.5. The number of nitrogens with one attached hydrogen (secondary N) is 1. The SMILES string of the molecule is CC(=O)N1CC2CCC(C1)N2c1cc(N2CCOC[C@H]2C)nc2c1c(N)nn2-c1ccn[nH]1. The molecule has 0 radical (unpaired) electrons. The predicted molar refractivity (Wildman–Crippen MR) is 125 cm³/mol. The molecule has 3 atom stereocenters. The van der Waals surface area contributed by atoms with Gasteiger partial charge in [-0.15, -0.1) is 5.10 Å². The Labute approximate surface area is 191 Å². The van der Waals surface area contributed by atoms with Gasteiger partial charge in [-0.25, -0.2) is 4.98 Å². The Morgan fingerprint density at radius 3 is 2.73 bits per heavy atom. The van der Waals surface area contributed by atoms with Gasteiger partial charge in [0, 0.05) is 50.8 Å². The van der Waals surface area contributed by atoms with Gasteiger partial charge >= 0.3 is 0 Å². The van der Waals surface area contributed by atoms with Crippen molar-refractivity contribution < 1.29 is 9.53 Å². The highest BCUT2D eigenvalue weighted by atomic mass is 16.5. The molecular weight excluding hydrogens is 422 g/mol. The van der Waals surface area contributed by atoms with Crippen molar-refractivity contribution in [3.63, 3.8) is 0 Å². The molecule has 11 heteroatoms. The maximum atomic E-state index is 12.1. The molecule has 3 saturated heterocycles. The van der Waals surface area contributed by atoms with Crippen molar-refractivity contribution >= 4 is 34.3 Å². The fraction of sp³-hybridized carbons (Fsp3) is 0.545. The Morgan fingerprint density at radius 2 is 2.06 bits per heavy atom. The van der Waals surface area contributed by atoms with E-state index in [1.54, 1.807) is 17.8 Å². The molecule has 0 saturated carbocycles. The second kappa shape index (κ2) is 7.62. The molecule has 174 valence electrons. The van der Waals surface area contributed by atoms with Crippen molar-refractivity contribution in [2.45, 2.75) is 44.8 Å². The highest BCUT2D eigenvalue weighted by molar-refractivity contribution is 6.00. The first-order valence-electron chi connectivity index (χ1n) is 11.6. The summed E-state index contributed by atoms with van der Waals surface area (Å²) in [5.74, 6) is 2.19. The van der Waals surface area contributed by atoms with Crippen LogP contribution in [0.1, 0.15) is 26.7 Å². The molecule has 2 bridgehead atoms. The smallest absolute Gasteiger partial charge is 0.219 e. The minimum atomic E-state index is 0.140. The number of nitrogens with zero attached hydrogens (tertiary/aromatic N) is 7. The highest BCUT2D eigenvalue weighted by Crippen LogP contribution is 2.42. The molecule has 3 aromatic rings. The number of hydrogen-bond donors (Lipinski definition) is 2. The van der Waals surface area contributed by atoms with E-state index in [1.807, 2.05) is 11.0 Å². The number of fused-ring (bicyclic) bond motifs is 3. The summed E-state index contributed by atoms with van der Waals surface area (Å²) in [4.78, 5) is 23.9. The van der Waals surface area contributed by atoms with Gasteiger partial charge in [-0.1, -0.05) is 0 Å². The first-order valence-corrected chi connectivity index (χ1v) is 11.6. The lowest BCUT2D eigenvalue weighted by molar-refractivity contribution is -0.129. The fourth-order valence-electron chi connectivity index (χ4n) is 5.62. The number of amides is 1. The second-order valence-electron chi connectivity index (χ2n) is 9.27.